The van der Waals surface area contributed by atoms with Gasteiger partial charge < -0.3 is 11.1 Å². The number of nitrogens with two attached hydrogens (primary N) is 1. The van der Waals surface area contributed by atoms with Crippen LogP contribution >= 0.6 is 0 Å². The summed E-state index contributed by atoms with van der Waals surface area (Å²) in [5.41, 5.74) is 5.44. The maximum atomic E-state index is 5.44. The van der Waals surface area contributed by atoms with Gasteiger partial charge in [-0.2, -0.15) is 0 Å². The van der Waals surface area contributed by atoms with Crippen LogP contribution in [0.4, 0.5) is 0 Å². The monoisotopic (exact) mass is 214 g/mol. The molecule has 2 nitrogen and oxygen atoms in total. The van der Waals surface area contributed by atoms with Crippen molar-refractivity contribution in [1.29, 1.82) is 0 Å². The van der Waals surface area contributed by atoms with Crippen LogP contribution in [0.5, 0.6) is 0 Å². The Labute approximate surface area is 96.0 Å². The molecule has 0 saturated heterocycles. The van der Waals surface area contributed by atoms with Gasteiger partial charge in [0.05, 0.1) is 0 Å². The van der Waals surface area contributed by atoms with Crippen molar-refractivity contribution < 1.29 is 0 Å². The molecule has 0 spiro atoms. The van der Waals surface area contributed by atoms with Crippen LogP contribution in [0.3, 0.4) is 0 Å². The van der Waals surface area contributed by atoms with E-state index in [-0.39, 0.29) is 0 Å². The lowest BCUT2D eigenvalue weighted by molar-refractivity contribution is 0.554. The van der Waals surface area contributed by atoms with Crippen molar-refractivity contribution >= 4 is 0 Å². The fourth-order valence-electron chi connectivity index (χ4n) is 1.73. The van der Waals surface area contributed by atoms with Crippen LogP contribution in [-0.4, -0.2) is 19.6 Å². The van der Waals surface area contributed by atoms with Gasteiger partial charge >= 0.3 is 0 Å². The third-order valence-corrected chi connectivity index (χ3v) is 2.76. The number of hydrogen-bond donors (Lipinski definition) is 2. The molecule has 0 atom stereocenters. The van der Waals surface area contributed by atoms with Gasteiger partial charge in [-0.05, 0) is 38.9 Å². The molecule has 0 radical (unpaired) electrons. The summed E-state index contributed by atoms with van der Waals surface area (Å²) >= 11 is 0. The predicted octanol–water partition coefficient (Wildman–Crippen LogP) is 3.07. The summed E-state index contributed by atoms with van der Waals surface area (Å²) in [5, 5.41) is 3.50. The molecule has 3 N–H and O–H groups in total. The van der Waals surface area contributed by atoms with Gasteiger partial charge in [0.15, 0.2) is 0 Å². The van der Waals surface area contributed by atoms with Crippen LogP contribution < -0.4 is 11.1 Å². The Morgan fingerprint density at radius 3 is 1.87 bits per heavy atom. The van der Waals surface area contributed by atoms with E-state index in [1.165, 1.54) is 70.9 Å². The smallest absolute Gasteiger partial charge is 0.00489 e. The molecule has 2 heteroatoms. The molecule has 0 aliphatic rings. The van der Waals surface area contributed by atoms with Crippen LogP contribution in [-0.2, 0) is 0 Å². The molecule has 0 aliphatic carbocycles. The van der Waals surface area contributed by atoms with Crippen molar-refractivity contribution in [1.82, 2.24) is 5.32 Å². The molecule has 15 heavy (non-hydrogen) atoms. The van der Waals surface area contributed by atoms with Crippen molar-refractivity contribution in [2.75, 3.05) is 19.6 Å². The number of rotatable bonds is 12. The first-order valence-corrected chi connectivity index (χ1v) is 6.82. The molecular weight excluding hydrogens is 184 g/mol. The predicted molar refractivity (Wildman–Crippen MR) is 69.2 cm³/mol. The van der Waals surface area contributed by atoms with Gasteiger partial charge in [0, 0.05) is 0 Å². The highest BCUT2D eigenvalue weighted by Gasteiger charge is 1.91. The van der Waals surface area contributed by atoms with E-state index in [1.54, 1.807) is 0 Å². The molecule has 0 unspecified atom stereocenters. The van der Waals surface area contributed by atoms with Crippen molar-refractivity contribution in [3.05, 3.63) is 0 Å². The van der Waals surface area contributed by atoms with Crippen molar-refractivity contribution in [3.63, 3.8) is 0 Å². The van der Waals surface area contributed by atoms with Gasteiger partial charge in [-0.1, -0.05) is 45.4 Å². The Morgan fingerprint density at radius 1 is 0.733 bits per heavy atom. The van der Waals surface area contributed by atoms with Gasteiger partial charge in [-0.15, -0.1) is 0 Å². The van der Waals surface area contributed by atoms with E-state index in [1.807, 2.05) is 0 Å². The van der Waals surface area contributed by atoms with Crippen molar-refractivity contribution in [2.24, 2.45) is 5.73 Å². The lowest BCUT2D eigenvalue weighted by atomic mass is 10.1. The minimum atomic E-state index is 0.860. The van der Waals surface area contributed by atoms with E-state index in [0.717, 1.165) is 6.54 Å². The fraction of sp³-hybridized carbons (Fsp3) is 1.00. The minimum Gasteiger partial charge on any atom is -0.330 e. The van der Waals surface area contributed by atoms with Gasteiger partial charge in [-0.25, -0.2) is 0 Å². The number of nitrogens with one attached hydrogen (secondary N) is 1. The molecule has 0 aromatic heterocycles. The van der Waals surface area contributed by atoms with Crippen LogP contribution in [0.2, 0.25) is 0 Å². The first kappa shape index (κ1) is 14.9. The number of unbranched alkanes of at least 4 members (excludes halogenated alkanes) is 7. The maximum absolute atomic E-state index is 5.44. The molecule has 92 valence electrons. The van der Waals surface area contributed by atoms with E-state index in [0.29, 0.717) is 0 Å². The molecule has 0 fully saturated rings. The second kappa shape index (κ2) is 13.9. The Hall–Kier alpha value is -0.0800. The van der Waals surface area contributed by atoms with Crippen molar-refractivity contribution in [2.45, 2.75) is 64.7 Å². The van der Waals surface area contributed by atoms with E-state index < -0.39 is 0 Å². The zero-order chi connectivity index (χ0) is 11.2. The normalized spacial score (nSPS) is 10.8. The average molecular weight is 214 g/mol. The van der Waals surface area contributed by atoms with Gasteiger partial charge in [0.1, 0.15) is 0 Å². The van der Waals surface area contributed by atoms with Crippen molar-refractivity contribution in [3.8, 4) is 0 Å². The third-order valence-electron chi connectivity index (χ3n) is 2.76. The second-order valence-electron chi connectivity index (χ2n) is 4.37. The summed E-state index contributed by atoms with van der Waals surface area (Å²) in [5.74, 6) is 0. The fourth-order valence-corrected chi connectivity index (χ4v) is 1.73. The lowest BCUT2D eigenvalue weighted by Crippen LogP contribution is -2.16. The Bertz CT molecular complexity index is 92.7. The zero-order valence-electron chi connectivity index (χ0n) is 10.6. The Morgan fingerprint density at radius 2 is 1.27 bits per heavy atom. The largest absolute Gasteiger partial charge is 0.330 e. The number of hydrogen-bond acceptors (Lipinski definition) is 2. The summed E-state index contributed by atoms with van der Waals surface area (Å²) in [7, 11) is 0. The first-order chi connectivity index (χ1) is 7.41. The van der Waals surface area contributed by atoms with E-state index in [9.17, 15) is 0 Å². The van der Waals surface area contributed by atoms with Gasteiger partial charge in [0.2, 0.25) is 0 Å². The summed E-state index contributed by atoms with van der Waals surface area (Å²) in [6.45, 7) is 5.53. The third kappa shape index (κ3) is 13.9. The summed E-state index contributed by atoms with van der Waals surface area (Å²) in [4.78, 5) is 0. The zero-order valence-corrected chi connectivity index (χ0v) is 10.6. The molecule has 0 rings (SSSR count). The maximum Gasteiger partial charge on any atom is -0.00489 e. The molecule has 0 heterocycles. The van der Waals surface area contributed by atoms with E-state index >= 15 is 0 Å². The van der Waals surface area contributed by atoms with Crippen LogP contribution in [0.25, 0.3) is 0 Å². The molecule has 0 aromatic rings. The first-order valence-electron chi connectivity index (χ1n) is 6.82. The van der Waals surface area contributed by atoms with Gasteiger partial charge in [-0.3, -0.25) is 0 Å². The molecule has 0 bridgehead atoms. The topological polar surface area (TPSA) is 38.0 Å². The highest BCUT2D eigenvalue weighted by Crippen LogP contribution is 2.03. The van der Waals surface area contributed by atoms with Crippen LogP contribution in [0.15, 0.2) is 0 Å². The summed E-state index contributed by atoms with van der Waals surface area (Å²) < 4.78 is 0. The van der Waals surface area contributed by atoms with E-state index in [2.05, 4.69) is 12.2 Å². The molecule has 0 amide bonds. The highest BCUT2D eigenvalue weighted by atomic mass is 14.8. The molecular formula is C13H30N2. The molecule has 0 saturated carbocycles. The van der Waals surface area contributed by atoms with Gasteiger partial charge in [0.25, 0.3) is 0 Å². The summed E-state index contributed by atoms with van der Waals surface area (Å²) in [6, 6.07) is 0. The Balaban J connectivity index is 2.81. The lowest BCUT2D eigenvalue weighted by Gasteiger charge is -2.04. The SMILES string of the molecule is CCCCCNCCCCCCCCN. The average Bonchev–Trinajstić information content (AvgIpc) is 2.26. The molecule has 0 aromatic carbocycles. The van der Waals surface area contributed by atoms with Crippen LogP contribution in [0.1, 0.15) is 64.7 Å². The highest BCUT2D eigenvalue weighted by molar-refractivity contribution is 4.50. The Kier molecular flexibility index (Phi) is 13.8. The minimum absolute atomic E-state index is 0.860. The van der Waals surface area contributed by atoms with Crippen LogP contribution in [0, 0.1) is 0 Å². The molecule has 0 aliphatic heterocycles. The quantitative estimate of drug-likeness (QED) is 0.490. The standard InChI is InChI=1S/C13H30N2/c1-2-3-9-12-15-13-10-7-5-4-6-8-11-14/h15H,2-14H2,1H3. The second-order valence-corrected chi connectivity index (χ2v) is 4.37. The summed E-state index contributed by atoms with van der Waals surface area (Å²) in [6.07, 6.45) is 12.0. The van der Waals surface area contributed by atoms with E-state index in [4.69, 9.17) is 5.73 Å².